The van der Waals surface area contributed by atoms with Gasteiger partial charge in [0.15, 0.2) is 5.11 Å². The average molecular weight is 306 g/mol. The van der Waals surface area contributed by atoms with Crippen LogP contribution in [-0.4, -0.2) is 5.11 Å². The molecule has 0 unspecified atom stereocenters. The molecule has 3 aromatic rings. The topological polar surface area (TPSA) is 24.1 Å². The van der Waals surface area contributed by atoms with E-state index < -0.39 is 0 Å². The standard InChI is InChI=1S/C19H18N2S/c1-2-14-10-12-16(13-11-14)20-19(22)21-18-9-5-7-15-6-3-4-8-17(15)18/h3-13H,2H2,1H3,(H2,20,21,22). The van der Waals surface area contributed by atoms with Gasteiger partial charge in [-0.25, -0.2) is 0 Å². The van der Waals surface area contributed by atoms with Crippen molar-refractivity contribution in [3.63, 3.8) is 0 Å². The molecule has 0 aliphatic heterocycles. The Balaban J connectivity index is 1.75. The van der Waals surface area contributed by atoms with Crippen molar-refractivity contribution >= 4 is 39.5 Å². The normalized spacial score (nSPS) is 10.4. The molecule has 0 aromatic heterocycles. The molecule has 0 heterocycles. The highest BCUT2D eigenvalue weighted by molar-refractivity contribution is 7.80. The molecule has 110 valence electrons. The summed E-state index contributed by atoms with van der Waals surface area (Å²) < 4.78 is 0. The van der Waals surface area contributed by atoms with Crippen LogP contribution in [0.4, 0.5) is 11.4 Å². The number of fused-ring (bicyclic) bond motifs is 1. The molecular formula is C19H18N2S. The van der Waals surface area contributed by atoms with Gasteiger partial charge in [0.25, 0.3) is 0 Å². The summed E-state index contributed by atoms with van der Waals surface area (Å²) in [5.74, 6) is 0. The number of nitrogens with one attached hydrogen (secondary N) is 2. The van der Waals surface area contributed by atoms with Gasteiger partial charge in [-0.1, -0.05) is 55.5 Å². The van der Waals surface area contributed by atoms with Crippen molar-refractivity contribution in [1.82, 2.24) is 0 Å². The predicted molar refractivity (Wildman–Crippen MR) is 99.6 cm³/mol. The van der Waals surface area contributed by atoms with Gasteiger partial charge in [-0.15, -0.1) is 0 Å². The molecule has 0 bridgehead atoms. The Morgan fingerprint density at radius 1 is 0.864 bits per heavy atom. The van der Waals surface area contributed by atoms with E-state index in [0.717, 1.165) is 23.2 Å². The monoisotopic (exact) mass is 306 g/mol. The number of hydrogen-bond donors (Lipinski definition) is 2. The summed E-state index contributed by atoms with van der Waals surface area (Å²) in [4.78, 5) is 0. The van der Waals surface area contributed by atoms with Crippen molar-refractivity contribution in [2.24, 2.45) is 0 Å². The quantitative estimate of drug-likeness (QED) is 0.649. The van der Waals surface area contributed by atoms with Crippen LogP contribution in [0.1, 0.15) is 12.5 Å². The number of anilines is 2. The second kappa shape index (κ2) is 6.58. The lowest BCUT2D eigenvalue weighted by atomic mass is 10.1. The molecule has 3 aromatic carbocycles. The van der Waals surface area contributed by atoms with Gasteiger partial charge in [0, 0.05) is 16.8 Å². The van der Waals surface area contributed by atoms with Crippen LogP contribution in [0.5, 0.6) is 0 Å². The minimum absolute atomic E-state index is 0.598. The Labute approximate surface area is 136 Å². The van der Waals surface area contributed by atoms with Crippen molar-refractivity contribution in [2.45, 2.75) is 13.3 Å². The lowest BCUT2D eigenvalue weighted by Crippen LogP contribution is -2.19. The Bertz CT molecular complexity index is 789. The van der Waals surface area contributed by atoms with Crippen LogP contribution in [0.15, 0.2) is 66.7 Å². The largest absolute Gasteiger partial charge is 0.332 e. The second-order valence-electron chi connectivity index (χ2n) is 5.16. The minimum Gasteiger partial charge on any atom is -0.332 e. The van der Waals surface area contributed by atoms with Crippen LogP contribution in [0, 0.1) is 0 Å². The highest BCUT2D eigenvalue weighted by Crippen LogP contribution is 2.23. The van der Waals surface area contributed by atoms with Gasteiger partial charge in [-0.3, -0.25) is 0 Å². The van der Waals surface area contributed by atoms with E-state index in [4.69, 9.17) is 12.2 Å². The summed E-state index contributed by atoms with van der Waals surface area (Å²) in [5, 5.41) is 9.47. The van der Waals surface area contributed by atoms with Crippen molar-refractivity contribution in [1.29, 1.82) is 0 Å². The zero-order valence-corrected chi connectivity index (χ0v) is 13.3. The molecule has 0 fully saturated rings. The van der Waals surface area contributed by atoms with Crippen LogP contribution >= 0.6 is 12.2 Å². The third kappa shape index (κ3) is 3.26. The van der Waals surface area contributed by atoms with Gasteiger partial charge in [0.1, 0.15) is 0 Å². The van der Waals surface area contributed by atoms with E-state index in [1.54, 1.807) is 0 Å². The third-order valence-corrected chi connectivity index (χ3v) is 3.86. The fraction of sp³-hybridized carbons (Fsp3) is 0.105. The lowest BCUT2D eigenvalue weighted by Gasteiger charge is -2.13. The fourth-order valence-electron chi connectivity index (χ4n) is 2.44. The highest BCUT2D eigenvalue weighted by atomic mass is 32.1. The third-order valence-electron chi connectivity index (χ3n) is 3.66. The minimum atomic E-state index is 0.598. The Morgan fingerprint density at radius 3 is 2.36 bits per heavy atom. The number of benzene rings is 3. The average Bonchev–Trinajstić information content (AvgIpc) is 2.56. The van der Waals surface area contributed by atoms with Gasteiger partial charge in [0.05, 0.1) is 0 Å². The summed E-state index contributed by atoms with van der Waals surface area (Å²) >= 11 is 5.42. The van der Waals surface area contributed by atoms with E-state index in [1.165, 1.54) is 10.9 Å². The molecule has 0 atom stereocenters. The van der Waals surface area contributed by atoms with E-state index in [0.29, 0.717) is 5.11 Å². The summed E-state index contributed by atoms with van der Waals surface area (Å²) in [6, 6.07) is 22.8. The molecule has 0 saturated carbocycles. The Kier molecular flexibility index (Phi) is 4.35. The molecule has 3 heteroatoms. The van der Waals surface area contributed by atoms with Crippen LogP contribution in [0.25, 0.3) is 10.8 Å². The number of thiocarbonyl (C=S) groups is 1. The highest BCUT2D eigenvalue weighted by Gasteiger charge is 2.03. The molecule has 0 aliphatic carbocycles. The first-order valence-corrected chi connectivity index (χ1v) is 7.82. The molecule has 0 amide bonds. The van der Waals surface area contributed by atoms with Crippen LogP contribution in [0.3, 0.4) is 0 Å². The number of hydrogen-bond acceptors (Lipinski definition) is 1. The first-order chi connectivity index (χ1) is 10.8. The number of aryl methyl sites for hydroxylation is 1. The predicted octanol–water partition coefficient (Wildman–Crippen LogP) is 5.21. The second-order valence-corrected chi connectivity index (χ2v) is 5.56. The molecule has 3 rings (SSSR count). The van der Waals surface area contributed by atoms with Crippen molar-refractivity contribution in [3.05, 3.63) is 72.3 Å². The molecule has 2 N–H and O–H groups in total. The maximum Gasteiger partial charge on any atom is 0.175 e. The van der Waals surface area contributed by atoms with Gasteiger partial charge in [-0.2, -0.15) is 0 Å². The van der Waals surface area contributed by atoms with E-state index in [-0.39, 0.29) is 0 Å². The molecular weight excluding hydrogens is 288 g/mol. The smallest absolute Gasteiger partial charge is 0.175 e. The summed E-state index contributed by atoms with van der Waals surface area (Å²) in [5.41, 5.74) is 3.33. The summed E-state index contributed by atoms with van der Waals surface area (Å²) in [6.45, 7) is 2.15. The van der Waals surface area contributed by atoms with E-state index >= 15 is 0 Å². The van der Waals surface area contributed by atoms with Crippen LogP contribution in [0.2, 0.25) is 0 Å². The van der Waals surface area contributed by atoms with Crippen LogP contribution in [-0.2, 0) is 6.42 Å². The van der Waals surface area contributed by atoms with Gasteiger partial charge in [0.2, 0.25) is 0 Å². The van der Waals surface area contributed by atoms with Crippen LogP contribution < -0.4 is 10.6 Å². The van der Waals surface area contributed by atoms with Crippen molar-refractivity contribution in [3.8, 4) is 0 Å². The molecule has 2 nitrogen and oxygen atoms in total. The van der Waals surface area contributed by atoms with E-state index in [9.17, 15) is 0 Å². The molecule has 0 saturated heterocycles. The maximum absolute atomic E-state index is 5.42. The molecule has 0 radical (unpaired) electrons. The lowest BCUT2D eigenvalue weighted by molar-refractivity contribution is 1.14. The number of rotatable bonds is 3. The Morgan fingerprint density at radius 2 is 1.59 bits per heavy atom. The first-order valence-electron chi connectivity index (χ1n) is 7.41. The van der Waals surface area contributed by atoms with E-state index in [1.807, 2.05) is 24.3 Å². The maximum atomic E-state index is 5.42. The van der Waals surface area contributed by atoms with Crippen molar-refractivity contribution < 1.29 is 0 Å². The molecule has 0 aliphatic rings. The Hall–Kier alpha value is -2.39. The molecule has 0 spiro atoms. The first kappa shape index (κ1) is 14.5. The SMILES string of the molecule is CCc1ccc(NC(=S)Nc2cccc3ccccc23)cc1. The van der Waals surface area contributed by atoms with Gasteiger partial charge >= 0.3 is 0 Å². The summed E-state index contributed by atoms with van der Waals surface area (Å²) in [7, 11) is 0. The fourth-order valence-corrected chi connectivity index (χ4v) is 2.67. The zero-order chi connectivity index (χ0) is 15.4. The van der Waals surface area contributed by atoms with Gasteiger partial charge < -0.3 is 10.6 Å². The summed E-state index contributed by atoms with van der Waals surface area (Å²) in [6.07, 6.45) is 1.04. The zero-order valence-electron chi connectivity index (χ0n) is 12.5. The van der Waals surface area contributed by atoms with Gasteiger partial charge in [-0.05, 0) is 47.8 Å². The van der Waals surface area contributed by atoms with Crippen molar-refractivity contribution in [2.75, 3.05) is 10.6 Å². The van der Waals surface area contributed by atoms with E-state index in [2.05, 4.69) is 60.0 Å². The molecule has 22 heavy (non-hydrogen) atoms.